The molecule has 1 aromatic rings. The fraction of sp³-hybridized carbons (Fsp3) is 0.500. The molecule has 0 amide bonds. The normalized spacial score (nSPS) is 16.8. The van der Waals surface area contributed by atoms with E-state index in [1.54, 1.807) is 6.07 Å². The number of carbonyl (C=O) groups is 1. The van der Waals surface area contributed by atoms with Gasteiger partial charge in [-0.05, 0) is 30.9 Å². The van der Waals surface area contributed by atoms with Crippen molar-refractivity contribution in [3.63, 3.8) is 0 Å². The van der Waals surface area contributed by atoms with Crippen molar-refractivity contribution < 1.29 is 14.6 Å². The Morgan fingerprint density at radius 2 is 2.18 bits per heavy atom. The minimum atomic E-state index is -0.975. The molecular weight excluding hydrogens is 267 g/mol. The predicted molar refractivity (Wildman–Crippen MR) is 61.3 cm³/mol. The Balaban J connectivity index is 1.90. The molecule has 0 bridgehead atoms. The Kier molecular flexibility index (Phi) is 3.51. The van der Waals surface area contributed by atoms with E-state index in [4.69, 9.17) is 33.0 Å². The fourth-order valence-corrected chi connectivity index (χ4v) is 1.81. The third-order valence-electron chi connectivity index (χ3n) is 2.64. The second-order valence-electron chi connectivity index (χ2n) is 3.88. The summed E-state index contributed by atoms with van der Waals surface area (Å²) >= 11 is 11.5. The summed E-state index contributed by atoms with van der Waals surface area (Å²) in [5.74, 6) is -0.908. The maximum Gasteiger partial charge on any atom is 0.335 e. The maximum atomic E-state index is 10.9. The lowest BCUT2D eigenvalue weighted by Crippen LogP contribution is -2.26. The lowest BCUT2D eigenvalue weighted by molar-refractivity contribution is -0.153. The predicted octanol–water partition coefficient (Wildman–Crippen LogP) is 1.96. The van der Waals surface area contributed by atoms with Gasteiger partial charge in [-0.25, -0.2) is 4.79 Å². The number of hydrogen-bond acceptors (Lipinski definition) is 4. The molecule has 1 fully saturated rings. The summed E-state index contributed by atoms with van der Waals surface area (Å²) in [7, 11) is 0. The van der Waals surface area contributed by atoms with Gasteiger partial charge < -0.3 is 9.84 Å². The highest BCUT2D eigenvalue weighted by Gasteiger charge is 2.51. The molecule has 0 atom stereocenters. The van der Waals surface area contributed by atoms with Crippen molar-refractivity contribution in [2.45, 2.75) is 24.9 Å². The number of carboxylic acids is 1. The van der Waals surface area contributed by atoms with Crippen molar-refractivity contribution in [2.24, 2.45) is 0 Å². The van der Waals surface area contributed by atoms with Crippen LogP contribution in [0.1, 0.15) is 18.4 Å². The van der Waals surface area contributed by atoms with Crippen molar-refractivity contribution in [1.82, 2.24) is 10.2 Å². The fourth-order valence-electron chi connectivity index (χ4n) is 1.45. The van der Waals surface area contributed by atoms with E-state index in [0.717, 1.165) is 0 Å². The van der Waals surface area contributed by atoms with E-state index in [0.29, 0.717) is 24.8 Å². The first-order chi connectivity index (χ1) is 8.03. The van der Waals surface area contributed by atoms with Crippen LogP contribution in [-0.2, 0) is 16.0 Å². The molecule has 0 saturated heterocycles. The van der Waals surface area contributed by atoms with Gasteiger partial charge in [-0.2, -0.15) is 0 Å². The molecule has 1 saturated carbocycles. The zero-order chi connectivity index (χ0) is 12.5. The summed E-state index contributed by atoms with van der Waals surface area (Å²) in [5.41, 5.74) is -0.274. The van der Waals surface area contributed by atoms with E-state index in [9.17, 15) is 4.79 Å². The SMILES string of the molecule is O=C(O)C1(OCCc2cc(Cl)nnc2Cl)CC1. The van der Waals surface area contributed by atoms with Gasteiger partial charge in [-0.15, -0.1) is 10.2 Å². The summed E-state index contributed by atoms with van der Waals surface area (Å²) in [6.45, 7) is 0.272. The van der Waals surface area contributed by atoms with E-state index in [-0.39, 0.29) is 16.9 Å². The Labute approximate surface area is 108 Å². The average Bonchev–Trinajstić information content (AvgIpc) is 3.04. The number of ether oxygens (including phenoxy) is 1. The molecule has 0 unspecified atom stereocenters. The molecule has 0 aromatic carbocycles. The molecule has 0 aliphatic heterocycles. The van der Waals surface area contributed by atoms with Gasteiger partial charge in [0.2, 0.25) is 0 Å². The number of carboxylic acid groups (broad SMARTS) is 1. The van der Waals surface area contributed by atoms with Gasteiger partial charge in [0, 0.05) is 0 Å². The third-order valence-corrected chi connectivity index (χ3v) is 3.14. The van der Waals surface area contributed by atoms with E-state index >= 15 is 0 Å². The van der Waals surface area contributed by atoms with Gasteiger partial charge in [-0.3, -0.25) is 0 Å². The second-order valence-corrected chi connectivity index (χ2v) is 4.63. The van der Waals surface area contributed by atoms with Crippen LogP contribution in [0.15, 0.2) is 6.07 Å². The molecule has 1 aromatic heterocycles. The quantitative estimate of drug-likeness (QED) is 0.890. The summed E-state index contributed by atoms with van der Waals surface area (Å²) < 4.78 is 5.35. The molecule has 17 heavy (non-hydrogen) atoms. The zero-order valence-corrected chi connectivity index (χ0v) is 10.3. The number of nitrogens with zero attached hydrogens (tertiary/aromatic N) is 2. The van der Waals surface area contributed by atoms with Crippen LogP contribution in [0.5, 0.6) is 0 Å². The molecule has 1 N–H and O–H groups in total. The molecular formula is C10H10Cl2N2O3. The van der Waals surface area contributed by atoms with Crippen LogP contribution >= 0.6 is 23.2 Å². The molecule has 1 heterocycles. The zero-order valence-electron chi connectivity index (χ0n) is 8.82. The lowest BCUT2D eigenvalue weighted by atomic mass is 10.2. The molecule has 5 nitrogen and oxygen atoms in total. The monoisotopic (exact) mass is 276 g/mol. The van der Waals surface area contributed by atoms with E-state index in [1.807, 2.05) is 0 Å². The van der Waals surface area contributed by atoms with Crippen LogP contribution in [0.4, 0.5) is 0 Å². The van der Waals surface area contributed by atoms with Crippen molar-refractivity contribution in [1.29, 1.82) is 0 Å². The molecule has 92 valence electrons. The highest BCUT2D eigenvalue weighted by molar-refractivity contribution is 6.31. The third kappa shape index (κ3) is 2.86. The number of aliphatic carboxylic acids is 1. The Morgan fingerprint density at radius 3 is 2.76 bits per heavy atom. The smallest absolute Gasteiger partial charge is 0.335 e. The first kappa shape index (κ1) is 12.5. The summed E-state index contributed by atoms with van der Waals surface area (Å²) in [5, 5.41) is 16.7. The number of aromatic nitrogens is 2. The van der Waals surface area contributed by atoms with Crippen LogP contribution in [0.3, 0.4) is 0 Å². The van der Waals surface area contributed by atoms with Crippen LogP contribution in [0, 0.1) is 0 Å². The molecule has 0 spiro atoms. The minimum Gasteiger partial charge on any atom is -0.479 e. The largest absolute Gasteiger partial charge is 0.479 e. The summed E-state index contributed by atoms with van der Waals surface area (Å²) in [6.07, 6.45) is 1.58. The number of halogens is 2. The van der Waals surface area contributed by atoms with Crippen molar-refractivity contribution in [3.8, 4) is 0 Å². The first-order valence-corrected chi connectivity index (χ1v) is 5.84. The lowest BCUT2D eigenvalue weighted by Gasteiger charge is -2.11. The summed E-state index contributed by atoms with van der Waals surface area (Å²) in [4.78, 5) is 10.9. The van der Waals surface area contributed by atoms with Crippen molar-refractivity contribution in [3.05, 3.63) is 21.9 Å². The van der Waals surface area contributed by atoms with Gasteiger partial charge in [-0.1, -0.05) is 23.2 Å². The molecule has 0 radical (unpaired) electrons. The van der Waals surface area contributed by atoms with Crippen LogP contribution in [-0.4, -0.2) is 33.5 Å². The van der Waals surface area contributed by atoms with Crippen LogP contribution in [0.25, 0.3) is 0 Å². The molecule has 2 rings (SSSR count). The Hall–Kier alpha value is -0.910. The topological polar surface area (TPSA) is 72.3 Å². The van der Waals surface area contributed by atoms with Crippen LogP contribution < -0.4 is 0 Å². The maximum absolute atomic E-state index is 10.9. The molecule has 7 heteroatoms. The van der Waals surface area contributed by atoms with Gasteiger partial charge in [0.05, 0.1) is 6.61 Å². The van der Waals surface area contributed by atoms with Gasteiger partial charge in [0.1, 0.15) is 0 Å². The number of hydrogen-bond donors (Lipinski definition) is 1. The van der Waals surface area contributed by atoms with Crippen LogP contribution in [0.2, 0.25) is 10.3 Å². The second kappa shape index (κ2) is 4.76. The highest BCUT2D eigenvalue weighted by atomic mass is 35.5. The Morgan fingerprint density at radius 1 is 1.47 bits per heavy atom. The van der Waals surface area contributed by atoms with Crippen molar-refractivity contribution >= 4 is 29.2 Å². The van der Waals surface area contributed by atoms with Gasteiger partial charge >= 0.3 is 5.97 Å². The first-order valence-electron chi connectivity index (χ1n) is 5.08. The van der Waals surface area contributed by atoms with Gasteiger partial charge in [0.15, 0.2) is 15.9 Å². The van der Waals surface area contributed by atoms with E-state index in [1.165, 1.54) is 0 Å². The van der Waals surface area contributed by atoms with Crippen molar-refractivity contribution in [2.75, 3.05) is 6.61 Å². The average molecular weight is 277 g/mol. The Bertz CT molecular complexity index is 449. The van der Waals surface area contributed by atoms with E-state index in [2.05, 4.69) is 10.2 Å². The molecule has 1 aliphatic rings. The minimum absolute atomic E-state index is 0.253. The molecule has 1 aliphatic carbocycles. The van der Waals surface area contributed by atoms with Gasteiger partial charge in [0.25, 0.3) is 0 Å². The number of rotatable bonds is 5. The standard InChI is InChI=1S/C10H10Cl2N2O3/c11-7-5-6(8(12)14-13-7)1-4-17-10(2-3-10)9(15)16/h5H,1-4H2,(H,15,16). The summed E-state index contributed by atoms with van der Waals surface area (Å²) in [6, 6.07) is 1.60. The highest BCUT2D eigenvalue weighted by Crippen LogP contribution is 2.39. The van der Waals surface area contributed by atoms with E-state index < -0.39 is 11.6 Å².